The number of nitrogens with two attached hydrogens (primary N) is 1. The first kappa shape index (κ1) is 21.2. The molecular formula is C23H32N2O4. The number of nitrogens with zero attached hydrogens (tertiary/aromatic N) is 1. The van der Waals surface area contributed by atoms with Crippen LogP contribution in [0.3, 0.4) is 0 Å². The smallest absolute Gasteiger partial charge is 0.254 e. The van der Waals surface area contributed by atoms with Gasteiger partial charge in [-0.1, -0.05) is 0 Å². The first-order chi connectivity index (χ1) is 13.8. The van der Waals surface area contributed by atoms with Gasteiger partial charge in [-0.15, -0.1) is 0 Å². The number of ether oxygens (including phenoxy) is 2. The Morgan fingerprint density at radius 1 is 1.21 bits per heavy atom. The van der Waals surface area contributed by atoms with Gasteiger partial charge < -0.3 is 24.5 Å². The van der Waals surface area contributed by atoms with Gasteiger partial charge in [-0.25, -0.2) is 0 Å². The summed E-state index contributed by atoms with van der Waals surface area (Å²) in [5.41, 5.74) is 9.03. The minimum absolute atomic E-state index is 0.0318. The molecule has 0 aliphatic carbocycles. The van der Waals surface area contributed by atoms with Crippen molar-refractivity contribution in [3.8, 4) is 11.5 Å². The molecule has 1 atom stereocenters. The predicted octanol–water partition coefficient (Wildman–Crippen LogP) is 3.65. The normalized spacial score (nSPS) is 15.8. The molecule has 0 saturated carbocycles. The van der Waals surface area contributed by atoms with Crippen LogP contribution in [0.2, 0.25) is 0 Å². The fraction of sp³-hybridized carbons (Fsp3) is 0.522. The van der Waals surface area contributed by atoms with E-state index < -0.39 is 0 Å². The van der Waals surface area contributed by atoms with Crippen molar-refractivity contribution < 1.29 is 18.7 Å². The van der Waals surface area contributed by atoms with Crippen LogP contribution in [-0.2, 0) is 12.8 Å². The molecule has 0 bridgehead atoms. The van der Waals surface area contributed by atoms with Crippen molar-refractivity contribution in [2.45, 2.75) is 52.0 Å². The Balaban J connectivity index is 1.62. The van der Waals surface area contributed by atoms with Gasteiger partial charge in [-0.05, 0) is 70.2 Å². The number of hydrogen-bond donors (Lipinski definition) is 1. The average molecular weight is 401 g/mol. The van der Waals surface area contributed by atoms with E-state index in [2.05, 4.69) is 13.0 Å². The largest absolute Gasteiger partial charge is 0.493 e. The van der Waals surface area contributed by atoms with E-state index in [1.807, 2.05) is 24.8 Å². The number of amides is 1. The highest BCUT2D eigenvalue weighted by atomic mass is 16.5. The lowest BCUT2D eigenvalue weighted by Gasteiger charge is -2.33. The quantitative estimate of drug-likeness (QED) is 0.732. The maximum Gasteiger partial charge on any atom is 0.254 e. The highest BCUT2D eigenvalue weighted by Crippen LogP contribution is 2.36. The number of fused-ring (bicyclic) bond motifs is 1. The van der Waals surface area contributed by atoms with Gasteiger partial charge >= 0.3 is 0 Å². The zero-order valence-corrected chi connectivity index (χ0v) is 18.1. The molecule has 0 saturated heterocycles. The number of methoxy groups -OCH3 is 2. The van der Waals surface area contributed by atoms with Crippen LogP contribution in [0.25, 0.3) is 0 Å². The Morgan fingerprint density at radius 2 is 1.97 bits per heavy atom. The molecule has 0 fully saturated rings. The van der Waals surface area contributed by atoms with Crippen LogP contribution in [0.1, 0.15) is 52.8 Å². The minimum Gasteiger partial charge on any atom is -0.493 e. The molecule has 1 unspecified atom stereocenters. The Labute approximate surface area is 173 Å². The Morgan fingerprint density at radius 3 is 2.59 bits per heavy atom. The van der Waals surface area contributed by atoms with Crippen molar-refractivity contribution >= 4 is 5.91 Å². The third kappa shape index (κ3) is 4.58. The van der Waals surface area contributed by atoms with Gasteiger partial charge in [-0.2, -0.15) is 0 Å². The number of benzene rings is 1. The summed E-state index contributed by atoms with van der Waals surface area (Å²) in [5, 5.41) is 0. The zero-order valence-electron chi connectivity index (χ0n) is 18.1. The van der Waals surface area contributed by atoms with E-state index in [0.717, 1.165) is 42.8 Å². The molecule has 2 N–H and O–H groups in total. The van der Waals surface area contributed by atoms with E-state index in [9.17, 15) is 4.79 Å². The van der Waals surface area contributed by atoms with Gasteiger partial charge in [0.2, 0.25) is 0 Å². The van der Waals surface area contributed by atoms with Crippen LogP contribution in [0.4, 0.5) is 0 Å². The van der Waals surface area contributed by atoms with Crippen molar-refractivity contribution in [1.82, 2.24) is 4.90 Å². The van der Waals surface area contributed by atoms with Crippen molar-refractivity contribution in [2.75, 3.05) is 27.3 Å². The molecular weight excluding hydrogens is 368 g/mol. The molecule has 1 aliphatic rings. The average Bonchev–Trinajstić information content (AvgIpc) is 3.02. The van der Waals surface area contributed by atoms with E-state index in [1.54, 1.807) is 20.3 Å². The molecule has 1 aromatic heterocycles. The van der Waals surface area contributed by atoms with Crippen molar-refractivity contribution in [3.63, 3.8) is 0 Å². The van der Waals surface area contributed by atoms with Crippen molar-refractivity contribution in [1.29, 1.82) is 0 Å². The third-order valence-electron chi connectivity index (χ3n) is 5.86. The van der Waals surface area contributed by atoms with E-state index in [0.29, 0.717) is 30.2 Å². The maximum atomic E-state index is 13.0. The minimum atomic E-state index is -0.351. The second-order valence-electron chi connectivity index (χ2n) is 8.21. The number of carbonyl (C=O) groups excluding carboxylic acids is 1. The summed E-state index contributed by atoms with van der Waals surface area (Å²) in [6.07, 6.45) is 3.22. The number of furan rings is 1. The molecule has 1 aromatic carbocycles. The number of aryl methyl sites for hydroxylation is 3. The highest BCUT2D eigenvalue weighted by Gasteiger charge is 2.30. The van der Waals surface area contributed by atoms with Gasteiger partial charge in [-0.3, -0.25) is 4.79 Å². The lowest BCUT2D eigenvalue weighted by Crippen LogP contribution is -2.44. The lowest BCUT2D eigenvalue weighted by atomic mass is 9.90. The lowest BCUT2D eigenvalue weighted by molar-refractivity contribution is 0.0725. The summed E-state index contributed by atoms with van der Waals surface area (Å²) in [6.45, 7) is 7.31. The fourth-order valence-electron chi connectivity index (χ4n) is 4.04. The van der Waals surface area contributed by atoms with Gasteiger partial charge in [0, 0.05) is 29.8 Å². The Bertz CT molecular complexity index is 885. The molecule has 2 heterocycles. The molecule has 2 aromatic rings. The predicted molar refractivity (Wildman–Crippen MR) is 113 cm³/mol. The van der Waals surface area contributed by atoms with Crippen LogP contribution < -0.4 is 15.2 Å². The van der Waals surface area contributed by atoms with Crippen LogP contribution in [0.5, 0.6) is 11.5 Å². The van der Waals surface area contributed by atoms with Gasteiger partial charge in [0.05, 0.1) is 14.2 Å². The van der Waals surface area contributed by atoms with E-state index in [-0.39, 0.29) is 11.4 Å². The van der Waals surface area contributed by atoms with E-state index in [1.165, 1.54) is 5.56 Å². The molecule has 1 aliphatic heterocycles. The summed E-state index contributed by atoms with van der Waals surface area (Å²) in [7, 11) is 3.22. The summed E-state index contributed by atoms with van der Waals surface area (Å²) < 4.78 is 16.5. The van der Waals surface area contributed by atoms with E-state index >= 15 is 0 Å². The van der Waals surface area contributed by atoms with Gasteiger partial charge in [0.25, 0.3) is 5.91 Å². The Kier molecular flexibility index (Phi) is 6.22. The van der Waals surface area contributed by atoms with Crippen LogP contribution in [-0.4, -0.2) is 43.7 Å². The summed E-state index contributed by atoms with van der Waals surface area (Å²) in [6, 6.07) is 5.70. The van der Waals surface area contributed by atoms with Crippen LogP contribution in [0.15, 0.2) is 22.6 Å². The van der Waals surface area contributed by atoms with Crippen molar-refractivity contribution in [3.05, 3.63) is 46.4 Å². The highest BCUT2D eigenvalue weighted by molar-refractivity contribution is 5.97. The molecule has 3 rings (SSSR count). The second kappa shape index (κ2) is 8.49. The topological polar surface area (TPSA) is 77.9 Å². The molecule has 0 spiro atoms. The monoisotopic (exact) mass is 400 g/mol. The second-order valence-corrected chi connectivity index (χ2v) is 8.21. The van der Waals surface area contributed by atoms with Crippen LogP contribution >= 0.6 is 0 Å². The number of hydrogen-bond acceptors (Lipinski definition) is 5. The zero-order chi connectivity index (χ0) is 21.2. The SMILES string of the molecule is COc1ccc2c(c1OC)CCN(CCC(C)(N)CCc1cc(C)oc1C)C2=O. The van der Waals surface area contributed by atoms with Crippen LogP contribution in [0, 0.1) is 13.8 Å². The molecule has 0 radical (unpaired) electrons. The number of rotatable bonds is 8. The fourth-order valence-corrected chi connectivity index (χ4v) is 4.04. The number of carbonyl (C=O) groups is 1. The molecule has 6 nitrogen and oxygen atoms in total. The van der Waals surface area contributed by atoms with E-state index in [4.69, 9.17) is 19.6 Å². The first-order valence-electron chi connectivity index (χ1n) is 10.1. The molecule has 1 amide bonds. The van der Waals surface area contributed by atoms with Gasteiger partial charge in [0.15, 0.2) is 11.5 Å². The third-order valence-corrected chi connectivity index (χ3v) is 5.86. The first-order valence-corrected chi connectivity index (χ1v) is 10.1. The molecule has 158 valence electrons. The van der Waals surface area contributed by atoms with Crippen molar-refractivity contribution in [2.24, 2.45) is 5.73 Å². The van der Waals surface area contributed by atoms with Gasteiger partial charge in [0.1, 0.15) is 11.5 Å². The Hall–Kier alpha value is -2.47. The molecule has 6 heteroatoms. The summed E-state index contributed by atoms with van der Waals surface area (Å²) in [4.78, 5) is 14.9. The molecule has 29 heavy (non-hydrogen) atoms. The maximum absolute atomic E-state index is 13.0. The summed E-state index contributed by atoms with van der Waals surface area (Å²) in [5.74, 6) is 3.25. The summed E-state index contributed by atoms with van der Waals surface area (Å²) >= 11 is 0. The standard InChI is InChI=1S/C23H32N2O4/c1-15-14-17(16(2)29-15)8-10-23(3,24)11-13-25-12-9-18-19(22(25)26)6-7-20(27-4)21(18)28-5/h6-7,14H,8-13,24H2,1-5H3.